The molecule has 0 atom stereocenters. The maximum Gasteiger partial charge on any atom is 0.0561 e. The van der Waals surface area contributed by atoms with Crippen LogP contribution in [0.5, 0.6) is 0 Å². The van der Waals surface area contributed by atoms with E-state index in [4.69, 9.17) is 0 Å². The topological polar surface area (TPSA) is 8.17 Å². The molecular weight excluding hydrogens is 749 g/mol. The first-order valence-electron chi connectivity index (χ1n) is 21.3. The molecule has 0 spiro atoms. The summed E-state index contributed by atoms with van der Waals surface area (Å²) < 4.78 is 2.50. The van der Waals surface area contributed by atoms with E-state index in [9.17, 15) is 0 Å². The van der Waals surface area contributed by atoms with Crippen molar-refractivity contribution < 1.29 is 0 Å². The van der Waals surface area contributed by atoms with Crippen LogP contribution in [0.3, 0.4) is 0 Å². The largest absolute Gasteiger partial charge is 0.310 e. The maximum absolute atomic E-state index is 2.50. The smallest absolute Gasteiger partial charge is 0.0561 e. The van der Waals surface area contributed by atoms with Gasteiger partial charge >= 0.3 is 0 Å². The Hall–Kier alpha value is -8.20. The third-order valence-electron chi connectivity index (χ3n) is 12.5. The molecule has 2 nitrogen and oxygen atoms in total. The minimum absolute atomic E-state index is 1.08. The number of hydrogen-bond acceptors (Lipinski definition) is 1. The van der Waals surface area contributed by atoms with Crippen LogP contribution in [0.15, 0.2) is 243 Å². The molecule has 12 aromatic rings. The Balaban J connectivity index is 1.11. The Morgan fingerprint density at radius 1 is 0.274 bits per heavy atom. The number of fused-ring (bicyclic) bond motifs is 7. The molecule has 1 heterocycles. The molecule has 0 N–H and O–H groups in total. The van der Waals surface area contributed by atoms with Gasteiger partial charge in [0.2, 0.25) is 0 Å². The van der Waals surface area contributed by atoms with E-state index in [2.05, 4.69) is 252 Å². The van der Waals surface area contributed by atoms with Crippen LogP contribution >= 0.6 is 0 Å². The molecule has 0 saturated heterocycles. The zero-order valence-corrected chi connectivity index (χ0v) is 34.0. The molecular formula is C60H40N2. The van der Waals surface area contributed by atoms with Gasteiger partial charge in [-0.15, -0.1) is 0 Å². The van der Waals surface area contributed by atoms with Crippen molar-refractivity contribution in [3.63, 3.8) is 0 Å². The van der Waals surface area contributed by atoms with Gasteiger partial charge in [-0.2, -0.15) is 0 Å². The number of nitrogens with zero attached hydrogens (tertiary/aromatic N) is 2. The van der Waals surface area contributed by atoms with Gasteiger partial charge in [0.25, 0.3) is 0 Å². The molecule has 0 radical (unpaired) electrons. The Morgan fingerprint density at radius 2 is 0.790 bits per heavy atom. The van der Waals surface area contributed by atoms with Gasteiger partial charge in [-0.3, -0.25) is 0 Å². The van der Waals surface area contributed by atoms with Crippen LogP contribution in [0.1, 0.15) is 0 Å². The third kappa shape index (κ3) is 5.96. The fourth-order valence-corrected chi connectivity index (χ4v) is 9.68. The molecule has 12 rings (SSSR count). The summed E-state index contributed by atoms with van der Waals surface area (Å²) in [7, 11) is 0. The molecule has 0 unspecified atom stereocenters. The number of anilines is 3. The second kappa shape index (κ2) is 14.8. The highest BCUT2D eigenvalue weighted by molar-refractivity contribution is 6.26. The second-order valence-electron chi connectivity index (χ2n) is 16.1. The van der Waals surface area contributed by atoms with E-state index in [1.165, 1.54) is 87.5 Å². The molecule has 0 aliphatic heterocycles. The van der Waals surface area contributed by atoms with E-state index in [1.54, 1.807) is 0 Å². The second-order valence-corrected chi connectivity index (χ2v) is 16.1. The first kappa shape index (κ1) is 35.7. The summed E-state index contributed by atoms with van der Waals surface area (Å²) in [5.74, 6) is 0. The monoisotopic (exact) mass is 788 g/mol. The third-order valence-corrected chi connectivity index (χ3v) is 12.5. The SMILES string of the molecule is c1ccc(-c2ccc(N(c3ccc(-c4ccccc4)cc3)c3cc(-n4c5ccccc5c5c6c(-c7cccc8ccccc78)cccc6ccc54)c4ccccc4c3)cc2)cc1. The molecule has 0 aliphatic carbocycles. The van der Waals surface area contributed by atoms with Crippen molar-refractivity contribution in [2.75, 3.05) is 4.90 Å². The van der Waals surface area contributed by atoms with E-state index >= 15 is 0 Å². The average Bonchev–Trinajstić information content (AvgIpc) is 3.69. The fraction of sp³-hybridized carbons (Fsp3) is 0. The molecule has 0 aliphatic rings. The van der Waals surface area contributed by atoms with Crippen LogP contribution < -0.4 is 4.90 Å². The molecule has 62 heavy (non-hydrogen) atoms. The minimum Gasteiger partial charge on any atom is -0.310 e. The van der Waals surface area contributed by atoms with E-state index in [0.717, 1.165) is 22.7 Å². The highest BCUT2D eigenvalue weighted by Gasteiger charge is 2.22. The van der Waals surface area contributed by atoms with Crippen LogP contribution in [0, 0.1) is 0 Å². The van der Waals surface area contributed by atoms with E-state index in [0.29, 0.717) is 0 Å². The van der Waals surface area contributed by atoms with Gasteiger partial charge in [-0.25, -0.2) is 0 Å². The van der Waals surface area contributed by atoms with Crippen LogP contribution in [0.4, 0.5) is 17.1 Å². The first-order valence-corrected chi connectivity index (χ1v) is 21.3. The number of rotatable bonds is 7. The van der Waals surface area contributed by atoms with Crippen molar-refractivity contribution in [2.24, 2.45) is 0 Å². The number of hydrogen-bond donors (Lipinski definition) is 0. The van der Waals surface area contributed by atoms with E-state index < -0.39 is 0 Å². The molecule has 0 amide bonds. The summed E-state index contributed by atoms with van der Waals surface area (Å²) in [6.07, 6.45) is 0. The van der Waals surface area contributed by atoms with Gasteiger partial charge in [-0.05, 0) is 109 Å². The van der Waals surface area contributed by atoms with Gasteiger partial charge in [-0.1, -0.05) is 194 Å². The highest BCUT2D eigenvalue weighted by Crippen LogP contribution is 2.45. The summed E-state index contributed by atoms with van der Waals surface area (Å²) in [5.41, 5.74) is 14.0. The lowest BCUT2D eigenvalue weighted by Crippen LogP contribution is -2.11. The predicted molar refractivity (Wildman–Crippen MR) is 264 cm³/mol. The lowest BCUT2D eigenvalue weighted by Gasteiger charge is -2.27. The van der Waals surface area contributed by atoms with Crippen molar-refractivity contribution in [1.82, 2.24) is 4.57 Å². The Labute approximate surface area is 360 Å². The van der Waals surface area contributed by atoms with Crippen LogP contribution in [0.2, 0.25) is 0 Å². The number of para-hydroxylation sites is 1. The predicted octanol–water partition coefficient (Wildman–Crippen LogP) is 16.7. The normalized spacial score (nSPS) is 11.5. The van der Waals surface area contributed by atoms with E-state index in [1.807, 2.05) is 0 Å². The Kier molecular flexibility index (Phi) is 8.53. The van der Waals surface area contributed by atoms with Crippen molar-refractivity contribution >= 4 is 71.2 Å². The summed E-state index contributed by atoms with van der Waals surface area (Å²) in [5, 5.41) is 9.88. The summed E-state index contributed by atoms with van der Waals surface area (Å²) >= 11 is 0. The van der Waals surface area contributed by atoms with Crippen molar-refractivity contribution in [3.05, 3.63) is 243 Å². The first-order chi connectivity index (χ1) is 30.8. The molecule has 0 saturated carbocycles. The average molecular weight is 789 g/mol. The molecule has 1 aromatic heterocycles. The lowest BCUT2D eigenvalue weighted by molar-refractivity contribution is 1.19. The minimum atomic E-state index is 1.08. The number of aromatic nitrogens is 1. The van der Waals surface area contributed by atoms with Crippen LogP contribution in [-0.4, -0.2) is 4.57 Å². The van der Waals surface area contributed by atoms with Crippen LogP contribution in [-0.2, 0) is 0 Å². The molecule has 290 valence electrons. The van der Waals surface area contributed by atoms with Crippen molar-refractivity contribution in [1.29, 1.82) is 0 Å². The quantitative estimate of drug-likeness (QED) is 0.156. The lowest BCUT2D eigenvalue weighted by atomic mass is 9.92. The molecule has 2 heteroatoms. The zero-order valence-electron chi connectivity index (χ0n) is 34.0. The van der Waals surface area contributed by atoms with Crippen LogP contribution in [0.25, 0.3) is 93.2 Å². The number of benzene rings is 11. The fourth-order valence-electron chi connectivity index (χ4n) is 9.68. The van der Waals surface area contributed by atoms with Crippen molar-refractivity contribution in [3.8, 4) is 39.1 Å². The van der Waals surface area contributed by atoms with Gasteiger partial charge in [0.1, 0.15) is 0 Å². The summed E-state index contributed by atoms with van der Waals surface area (Å²) in [4.78, 5) is 2.40. The summed E-state index contributed by atoms with van der Waals surface area (Å²) in [6.45, 7) is 0. The molecule has 0 bridgehead atoms. The highest BCUT2D eigenvalue weighted by atomic mass is 15.1. The van der Waals surface area contributed by atoms with Gasteiger partial charge in [0.15, 0.2) is 0 Å². The maximum atomic E-state index is 2.50. The van der Waals surface area contributed by atoms with Gasteiger partial charge in [0.05, 0.1) is 16.7 Å². The molecule has 0 fully saturated rings. The van der Waals surface area contributed by atoms with Gasteiger partial charge < -0.3 is 9.47 Å². The standard InChI is InChI=1S/C60H40N2/c1-3-15-41(16-4-1)43-29-34-48(35-30-43)61(49-36-31-44(32-37-49)42-17-5-2-6-18-42)50-39-47-20-8-10-24-52(47)58(40-50)62-56-28-12-11-25-55(56)60-57(62)38-33-46-22-14-27-54(59(46)60)53-26-13-21-45-19-7-9-23-51(45)53/h1-40H. The molecule has 11 aromatic carbocycles. The van der Waals surface area contributed by atoms with Crippen molar-refractivity contribution in [2.45, 2.75) is 0 Å². The van der Waals surface area contributed by atoms with Gasteiger partial charge in [0, 0.05) is 33.2 Å². The zero-order chi connectivity index (χ0) is 41.0. The summed E-state index contributed by atoms with van der Waals surface area (Å²) in [6, 6.07) is 88.5. The Morgan fingerprint density at radius 3 is 1.47 bits per heavy atom. The Bertz CT molecular complexity index is 3520. The van der Waals surface area contributed by atoms with E-state index in [-0.39, 0.29) is 0 Å².